The van der Waals surface area contributed by atoms with Crippen molar-refractivity contribution in [3.05, 3.63) is 27.9 Å². The normalized spacial score (nSPS) is 20.4. The van der Waals surface area contributed by atoms with Crippen molar-refractivity contribution in [2.75, 3.05) is 0 Å². The third-order valence-electron chi connectivity index (χ3n) is 3.75. The van der Waals surface area contributed by atoms with Crippen molar-refractivity contribution in [2.24, 2.45) is 11.1 Å². The Bertz CT molecular complexity index is 440. The largest absolute Gasteiger partial charge is 0.325 e. The smallest absolute Gasteiger partial charge is 0.251 e. The maximum atomic E-state index is 11.5. The number of nitrogens with zero attached hydrogens (tertiary/aromatic N) is 1. The van der Waals surface area contributed by atoms with Crippen LogP contribution in [0.5, 0.6) is 0 Å². The maximum absolute atomic E-state index is 11.5. The van der Waals surface area contributed by atoms with Crippen molar-refractivity contribution in [3.8, 4) is 0 Å². The Balaban J connectivity index is 2.18. The van der Waals surface area contributed by atoms with E-state index in [1.165, 1.54) is 18.9 Å². The molecule has 0 spiro atoms. The van der Waals surface area contributed by atoms with Gasteiger partial charge < -0.3 is 10.7 Å². The summed E-state index contributed by atoms with van der Waals surface area (Å²) < 4.78 is 0. The van der Waals surface area contributed by atoms with E-state index >= 15 is 0 Å². The Morgan fingerprint density at radius 1 is 1.47 bits per heavy atom. The van der Waals surface area contributed by atoms with Crippen LogP contribution in [0.4, 0.5) is 0 Å². The molecule has 4 nitrogen and oxygen atoms in total. The van der Waals surface area contributed by atoms with Gasteiger partial charge in [0.1, 0.15) is 5.82 Å². The molecule has 2 rings (SSSR count). The Labute approximate surface area is 102 Å². The molecule has 1 aromatic heterocycles. The molecule has 0 atom stereocenters. The number of hydrogen-bond acceptors (Lipinski definition) is 3. The van der Waals surface area contributed by atoms with Gasteiger partial charge in [0.15, 0.2) is 0 Å². The fraction of sp³-hybridized carbons (Fsp3) is 0.692. The average molecular weight is 235 g/mol. The van der Waals surface area contributed by atoms with Gasteiger partial charge in [0, 0.05) is 18.5 Å². The van der Waals surface area contributed by atoms with Crippen LogP contribution in [-0.4, -0.2) is 9.97 Å². The van der Waals surface area contributed by atoms with Crippen molar-refractivity contribution >= 4 is 0 Å². The van der Waals surface area contributed by atoms with Gasteiger partial charge in [-0.15, -0.1) is 0 Å². The van der Waals surface area contributed by atoms with Crippen LogP contribution in [0.1, 0.15) is 57.0 Å². The van der Waals surface area contributed by atoms with Crippen LogP contribution in [0.25, 0.3) is 0 Å². The van der Waals surface area contributed by atoms with Gasteiger partial charge in [0.05, 0.1) is 5.69 Å². The second-order valence-electron chi connectivity index (χ2n) is 5.76. The fourth-order valence-electron chi connectivity index (χ4n) is 2.50. The quantitative estimate of drug-likeness (QED) is 0.822. The summed E-state index contributed by atoms with van der Waals surface area (Å²) in [4.78, 5) is 18.8. The molecule has 1 aromatic rings. The highest BCUT2D eigenvalue weighted by atomic mass is 16.1. The summed E-state index contributed by atoms with van der Waals surface area (Å²) in [6.07, 6.45) is 4.58. The second-order valence-corrected chi connectivity index (χ2v) is 5.76. The first-order chi connectivity index (χ1) is 8.00. The molecule has 1 fully saturated rings. The van der Waals surface area contributed by atoms with Crippen LogP contribution in [0, 0.1) is 5.41 Å². The Morgan fingerprint density at radius 2 is 2.12 bits per heavy atom. The lowest BCUT2D eigenvalue weighted by atomic mass is 9.73. The molecular weight excluding hydrogens is 214 g/mol. The molecular formula is C13H21N3O. The number of nitrogens with two attached hydrogens (primary N) is 1. The summed E-state index contributed by atoms with van der Waals surface area (Å²) in [7, 11) is 0. The molecule has 1 aliphatic rings. The minimum absolute atomic E-state index is 0.0831. The summed E-state index contributed by atoms with van der Waals surface area (Å²) in [5.41, 5.74) is 6.58. The van der Waals surface area contributed by atoms with Crippen molar-refractivity contribution in [1.29, 1.82) is 0 Å². The van der Waals surface area contributed by atoms with E-state index < -0.39 is 0 Å². The van der Waals surface area contributed by atoms with Crippen LogP contribution in [0.3, 0.4) is 0 Å². The first-order valence-corrected chi connectivity index (χ1v) is 6.30. The highest BCUT2D eigenvalue weighted by Crippen LogP contribution is 2.41. The molecule has 1 aliphatic carbocycles. The number of rotatable bonds is 2. The number of aromatic amines is 1. The minimum atomic E-state index is -0.0831. The molecule has 0 amide bonds. The molecule has 1 saturated carbocycles. The van der Waals surface area contributed by atoms with Gasteiger partial charge in [0.2, 0.25) is 0 Å². The summed E-state index contributed by atoms with van der Waals surface area (Å²) in [5, 5.41) is 0. The van der Waals surface area contributed by atoms with Gasteiger partial charge in [0.25, 0.3) is 5.56 Å². The summed E-state index contributed by atoms with van der Waals surface area (Å²) >= 11 is 0. The van der Waals surface area contributed by atoms with Gasteiger partial charge in [-0.3, -0.25) is 4.79 Å². The summed E-state index contributed by atoms with van der Waals surface area (Å²) in [6, 6.07) is 1.48. The number of hydrogen-bond donors (Lipinski definition) is 2. The third-order valence-corrected chi connectivity index (χ3v) is 3.75. The zero-order chi connectivity index (χ0) is 12.5. The number of aromatic nitrogens is 2. The van der Waals surface area contributed by atoms with E-state index in [0.717, 1.165) is 18.7 Å². The molecule has 0 bridgehead atoms. The SMILES string of the molecule is CC1(C)CCC(c2nc(CN)cc(=O)[nH]2)CC1. The molecule has 3 N–H and O–H groups in total. The first kappa shape index (κ1) is 12.3. The highest BCUT2D eigenvalue weighted by molar-refractivity contribution is 5.07. The fourth-order valence-corrected chi connectivity index (χ4v) is 2.50. The molecule has 0 unspecified atom stereocenters. The van der Waals surface area contributed by atoms with E-state index in [0.29, 0.717) is 23.6 Å². The minimum Gasteiger partial charge on any atom is -0.325 e. The average Bonchev–Trinajstić information content (AvgIpc) is 2.28. The number of nitrogens with one attached hydrogen (secondary N) is 1. The van der Waals surface area contributed by atoms with E-state index in [1.54, 1.807) is 0 Å². The van der Waals surface area contributed by atoms with Crippen molar-refractivity contribution in [3.63, 3.8) is 0 Å². The van der Waals surface area contributed by atoms with Crippen molar-refractivity contribution in [1.82, 2.24) is 9.97 Å². The third kappa shape index (κ3) is 2.94. The maximum Gasteiger partial charge on any atom is 0.251 e. The van der Waals surface area contributed by atoms with E-state index in [2.05, 4.69) is 23.8 Å². The summed E-state index contributed by atoms with van der Waals surface area (Å²) in [6.45, 7) is 4.93. The molecule has 1 heterocycles. The lowest BCUT2D eigenvalue weighted by Gasteiger charge is -2.33. The molecule has 4 heteroatoms. The van der Waals surface area contributed by atoms with E-state index in [9.17, 15) is 4.79 Å². The highest BCUT2D eigenvalue weighted by Gasteiger charge is 2.28. The van der Waals surface area contributed by atoms with E-state index in [-0.39, 0.29) is 5.56 Å². The van der Waals surface area contributed by atoms with Crippen LogP contribution >= 0.6 is 0 Å². The van der Waals surface area contributed by atoms with Crippen LogP contribution < -0.4 is 11.3 Å². The lowest BCUT2D eigenvalue weighted by molar-refractivity contribution is 0.220. The Hall–Kier alpha value is -1.16. The van der Waals surface area contributed by atoms with Gasteiger partial charge in [-0.05, 0) is 31.1 Å². The van der Waals surface area contributed by atoms with E-state index in [1.807, 2.05) is 0 Å². The molecule has 94 valence electrons. The van der Waals surface area contributed by atoms with Gasteiger partial charge in [-0.2, -0.15) is 0 Å². The van der Waals surface area contributed by atoms with Crippen LogP contribution in [-0.2, 0) is 6.54 Å². The molecule has 0 aromatic carbocycles. The van der Waals surface area contributed by atoms with E-state index in [4.69, 9.17) is 5.73 Å². The molecule has 0 aliphatic heterocycles. The van der Waals surface area contributed by atoms with Gasteiger partial charge >= 0.3 is 0 Å². The standard InChI is InChI=1S/C13H21N3O/c1-13(2)5-3-9(4-6-13)12-15-10(8-14)7-11(17)16-12/h7,9H,3-6,8,14H2,1-2H3,(H,15,16,17). The predicted octanol–water partition coefficient (Wildman–Crippen LogP) is 1.91. The molecule has 0 radical (unpaired) electrons. The Kier molecular flexibility index (Phi) is 3.33. The van der Waals surface area contributed by atoms with Gasteiger partial charge in [-0.1, -0.05) is 13.8 Å². The Morgan fingerprint density at radius 3 is 2.71 bits per heavy atom. The predicted molar refractivity (Wildman–Crippen MR) is 67.7 cm³/mol. The molecule has 17 heavy (non-hydrogen) atoms. The number of H-pyrrole nitrogens is 1. The zero-order valence-corrected chi connectivity index (χ0v) is 10.6. The zero-order valence-electron chi connectivity index (χ0n) is 10.6. The first-order valence-electron chi connectivity index (χ1n) is 6.30. The molecule has 0 saturated heterocycles. The van der Waals surface area contributed by atoms with Crippen LogP contribution in [0.15, 0.2) is 10.9 Å². The summed E-state index contributed by atoms with van der Waals surface area (Å²) in [5.74, 6) is 1.22. The van der Waals surface area contributed by atoms with Crippen molar-refractivity contribution in [2.45, 2.75) is 52.0 Å². The van der Waals surface area contributed by atoms with Crippen molar-refractivity contribution < 1.29 is 0 Å². The van der Waals surface area contributed by atoms with Crippen LogP contribution in [0.2, 0.25) is 0 Å². The topological polar surface area (TPSA) is 71.8 Å². The monoisotopic (exact) mass is 235 g/mol. The lowest BCUT2D eigenvalue weighted by Crippen LogP contribution is -2.24. The second kappa shape index (κ2) is 4.61. The van der Waals surface area contributed by atoms with Gasteiger partial charge in [-0.25, -0.2) is 4.98 Å².